The predicted molar refractivity (Wildman–Crippen MR) is 122 cm³/mol. The number of carbonyl (C=O) groups is 1. The van der Waals surface area contributed by atoms with Gasteiger partial charge in [-0.3, -0.25) is 4.79 Å². The topological polar surface area (TPSA) is 58.2 Å². The van der Waals surface area contributed by atoms with E-state index in [2.05, 4.69) is 42.0 Å². The lowest BCUT2D eigenvalue weighted by molar-refractivity contribution is -0.116. The quantitative estimate of drug-likeness (QED) is 0.553. The highest BCUT2D eigenvalue weighted by molar-refractivity contribution is 7.99. The van der Waals surface area contributed by atoms with Crippen LogP contribution in [-0.2, 0) is 21.7 Å². The molecular weight excluding hydrogens is 382 g/mol. The zero-order chi connectivity index (χ0) is 20.8. The summed E-state index contributed by atoms with van der Waals surface area (Å²) in [5.74, 6) is 2.05. The third-order valence-electron chi connectivity index (χ3n) is 4.96. The number of amides is 1. The first kappa shape index (κ1) is 21.4. The Balaban J connectivity index is 1.75. The summed E-state index contributed by atoms with van der Waals surface area (Å²) in [6.45, 7) is 6.72. The maximum Gasteiger partial charge on any atom is 0.237 e. The normalized spacial score (nSPS) is 12.3. The first-order chi connectivity index (χ1) is 14.0. The Labute approximate surface area is 176 Å². The van der Waals surface area contributed by atoms with Crippen molar-refractivity contribution < 1.29 is 9.53 Å². The molecule has 0 unspecified atom stereocenters. The maximum absolute atomic E-state index is 13.3. The molecule has 5 nitrogen and oxygen atoms in total. The van der Waals surface area contributed by atoms with Crippen LogP contribution in [0.15, 0.2) is 42.5 Å². The number of H-pyrrole nitrogens is 1. The van der Waals surface area contributed by atoms with Crippen LogP contribution in [-0.4, -0.2) is 41.4 Å². The molecule has 0 bridgehead atoms. The van der Waals surface area contributed by atoms with Crippen LogP contribution in [0.25, 0.3) is 11.0 Å². The van der Waals surface area contributed by atoms with Gasteiger partial charge in [-0.25, -0.2) is 4.98 Å². The van der Waals surface area contributed by atoms with E-state index in [1.807, 2.05) is 36.1 Å². The minimum Gasteiger partial charge on any atom is -0.383 e. The van der Waals surface area contributed by atoms with Gasteiger partial charge in [0.05, 0.1) is 40.9 Å². The standard InChI is InChI=1S/C23H29N3O2S/c1-5-18-10-8-9-16(2)23(18)26(17(3)13-28-4)22(27)15-29-14-21-24-19-11-6-7-12-20(19)25-21/h6-12,17H,5,13-15H2,1-4H3,(H,24,25)/t17-/m0/s1. The number of aromatic amines is 1. The summed E-state index contributed by atoms with van der Waals surface area (Å²) in [6, 6.07) is 14.2. The van der Waals surface area contributed by atoms with Gasteiger partial charge in [0, 0.05) is 7.11 Å². The highest BCUT2D eigenvalue weighted by Crippen LogP contribution is 2.29. The van der Waals surface area contributed by atoms with Gasteiger partial charge in [-0.1, -0.05) is 37.3 Å². The first-order valence-electron chi connectivity index (χ1n) is 9.96. The number of anilines is 1. The third-order valence-corrected chi connectivity index (χ3v) is 5.89. The van der Waals surface area contributed by atoms with Crippen LogP contribution >= 0.6 is 11.8 Å². The molecule has 0 saturated carbocycles. The van der Waals surface area contributed by atoms with E-state index in [-0.39, 0.29) is 11.9 Å². The smallest absolute Gasteiger partial charge is 0.237 e. The van der Waals surface area contributed by atoms with Crippen molar-refractivity contribution in [2.45, 2.75) is 39.0 Å². The highest BCUT2D eigenvalue weighted by Gasteiger charge is 2.25. The second-order valence-electron chi connectivity index (χ2n) is 7.20. The molecule has 3 rings (SSSR count). The molecule has 1 heterocycles. The van der Waals surface area contributed by atoms with Crippen molar-refractivity contribution in [1.82, 2.24) is 9.97 Å². The summed E-state index contributed by atoms with van der Waals surface area (Å²) in [5, 5.41) is 0. The van der Waals surface area contributed by atoms with Gasteiger partial charge < -0.3 is 14.6 Å². The lowest BCUT2D eigenvalue weighted by atomic mass is 10.0. The summed E-state index contributed by atoms with van der Waals surface area (Å²) in [4.78, 5) is 23.1. The molecule has 1 atom stereocenters. The zero-order valence-electron chi connectivity index (χ0n) is 17.6. The molecule has 6 heteroatoms. The molecule has 0 saturated heterocycles. The zero-order valence-corrected chi connectivity index (χ0v) is 18.4. The van der Waals surface area contributed by atoms with Crippen LogP contribution in [0.3, 0.4) is 0 Å². The van der Waals surface area contributed by atoms with Gasteiger partial charge in [0.25, 0.3) is 0 Å². The van der Waals surface area contributed by atoms with Crippen LogP contribution in [0.1, 0.15) is 30.8 Å². The lowest BCUT2D eigenvalue weighted by Crippen LogP contribution is -2.43. The number of para-hydroxylation sites is 3. The molecule has 0 fully saturated rings. The Hall–Kier alpha value is -2.31. The molecular formula is C23H29N3O2S. The van der Waals surface area contributed by atoms with Crippen molar-refractivity contribution in [3.8, 4) is 0 Å². The van der Waals surface area contributed by atoms with Crippen LogP contribution in [0.2, 0.25) is 0 Å². The van der Waals surface area contributed by atoms with E-state index in [0.29, 0.717) is 18.1 Å². The number of fused-ring (bicyclic) bond motifs is 1. The first-order valence-corrected chi connectivity index (χ1v) is 11.1. The van der Waals surface area contributed by atoms with E-state index in [0.717, 1.165) is 34.5 Å². The minimum atomic E-state index is -0.0364. The monoisotopic (exact) mass is 411 g/mol. The number of nitrogens with one attached hydrogen (secondary N) is 1. The van der Waals surface area contributed by atoms with Gasteiger partial charge >= 0.3 is 0 Å². The molecule has 0 aliphatic rings. The number of aromatic nitrogens is 2. The van der Waals surface area contributed by atoms with E-state index >= 15 is 0 Å². The highest BCUT2D eigenvalue weighted by atomic mass is 32.2. The van der Waals surface area contributed by atoms with Crippen molar-refractivity contribution >= 4 is 34.4 Å². The molecule has 2 aromatic carbocycles. The van der Waals surface area contributed by atoms with Crippen molar-refractivity contribution in [1.29, 1.82) is 0 Å². The van der Waals surface area contributed by atoms with Crippen molar-refractivity contribution in [2.75, 3.05) is 24.4 Å². The van der Waals surface area contributed by atoms with Crippen molar-refractivity contribution in [3.63, 3.8) is 0 Å². The fourth-order valence-corrected chi connectivity index (χ4v) is 4.38. The molecule has 0 spiro atoms. The molecule has 1 aromatic heterocycles. The fraction of sp³-hybridized carbons (Fsp3) is 0.391. The molecule has 0 aliphatic heterocycles. The Bertz CT molecular complexity index is 937. The number of methoxy groups -OCH3 is 1. The predicted octanol–water partition coefficient (Wildman–Crippen LogP) is 4.74. The van der Waals surface area contributed by atoms with Gasteiger partial charge in [-0.05, 0) is 43.5 Å². The van der Waals surface area contributed by atoms with Crippen LogP contribution < -0.4 is 4.90 Å². The molecule has 1 amide bonds. The summed E-state index contributed by atoms with van der Waals surface area (Å²) < 4.78 is 5.36. The van der Waals surface area contributed by atoms with Gasteiger partial charge in [-0.2, -0.15) is 0 Å². The second-order valence-corrected chi connectivity index (χ2v) is 8.18. The van der Waals surface area contributed by atoms with Gasteiger partial charge in [0.1, 0.15) is 5.82 Å². The number of hydrogen-bond acceptors (Lipinski definition) is 4. The number of benzene rings is 2. The SMILES string of the molecule is CCc1cccc(C)c1N(C(=O)CSCc1nc2ccccc2[nH]1)[C@@H](C)COC. The number of rotatable bonds is 9. The van der Waals surface area contributed by atoms with E-state index in [9.17, 15) is 4.79 Å². The third kappa shape index (κ3) is 5.00. The Morgan fingerprint density at radius 1 is 1.24 bits per heavy atom. The van der Waals surface area contributed by atoms with E-state index in [1.165, 1.54) is 5.56 Å². The summed E-state index contributed by atoms with van der Waals surface area (Å²) in [5.41, 5.74) is 5.30. The van der Waals surface area contributed by atoms with E-state index < -0.39 is 0 Å². The van der Waals surface area contributed by atoms with Gasteiger partial charge in [0.2, 0.25) is 5.91 Å². The Morgan fingerprint density at radius 3 is 2.76 bits per heavy atom. The summed E-state index contributed by atoms with van der Waals surface area (Å²) >= 11 is 1.58. The number of hydrogen-bond donors (Lipinski definition) is 1. The largest absolute Gasteiger partial charge is 0.383 e. The van der Waals surface area contributed by atoms with Gasteiger partial charge in [0.15, 0.2) is 0 Å². The average Bonchev–Trinajstić information content (AvgIpc) is 3.12. The molecule has 154 valence electrons. The van der Waals surface area contributed by atoms with Gasteiger partial charge in [-0.15, -0.1) is 11.8 Å². The number of carbonyl (C=O) groups excluding carboxylic acids is 1. The Morgan fingerprint density at radius 2 is 2.03 bits per heavy atom. The molecule has 1 N–H and O–H groups in total. The molecule has 29 heavy (non-hydrogen) atoms. The number of nitrogens with zero attached hydrogens (tertiary/aromatic N) is 2. The maximum atomic E-state index is 13.3. The van der Waals surface area contributed by atoms with Crippen molar-refractivity contribution in [3.05, 3.63) is 59.4 Å². The van der Waals surface area contributed by atoms with Crippen LogP contribution in [0.4, 0.5) is 5.69 Å². The average molecular weight is 412 g/mol. The fourth-order valence-electron chi connectivity index (χ4n) is 3.63. The Kier molecular flexibility index (Phi) is 7.34. The molecule has 0 aliphatic carbocycles. The number of ether oxygens (including phenoxy) is 1. The molecule has 3 aromatic rings. The van der Waals surface area contributed by atoms with Crippen LogP contribution in [0.5, 0.6) is 0 Å². The number of imidazole rings is 1. The number of thioether (sulfide) groups is 1. The summed E-state index contributed by atoms with van der Waals surface area (Å²) in [7, 11) is 1.67. The minimum absolute atomic E-state index is 0.0364. The van der Waals surface area contributed by atoms with E-state index in [4.69, 9.17) is 4.74 Å². The van der Waals surface area contributed by atoms with Crippen LogP contribution in [0, 0.1) is 6.92 Å². The van der Waals surface area contributed by atoms with Crippen molar-refractivity contribution in [2.24, 2.45) is 0 Å². The lowest BCUT2D eigenvalue weighted by Gasteiger charge is -2.32. The molecule has 0 radical (unpaired) electrons. The second kappa shape index (κ2) is 9.94. The van der Waals surface area contributed by atoms with E-state index in [1.54, 1.807) is 18.9 Å². The summed E-state index contributed by atoms with van der Waals surface area (Å²) in [6.07, 6.45) is 0.882. The number of aryl methyl sites for hydroxylation is 2.